The molecule has 1 fully saturated rings. The molecule has 0 aromatic carbocycles. The largest absolute Gasteiger partial charge is 0.464 e. The Labute approximate surface area is 122 Å². The summed E-state index contributed by atoms with van der Waals surface area (Å²) in [7, 11) is 0. The zero-order valence-electron chi connectivity index (χ0n) is 11.1. The predicted molar refractivity (Wildman–Crippen MR) is 80.1 cm³/mol. The van der Waals surface area contributed by atoms with Crippen molar-refractivity contribution in [1.29, 1.82) is 0 Å². The summed E-state index contributed by atoms with van der Waals surface area (Å²) < 4.78 is 5.88. The third-order valence-corrected chi connectivity index (χ3v) is 3.34. The van der Waals surface area contributed by atoms with Gasteiger partial charge in [-0.25, -0.2) is 0 Å². The molecular formula is C13H24Cl2N2O. The Morgan fingerprint density at radius 1 is 1.22 bits per heavy atom. The second kappa shape index (κ2) is 8.81. The Kier molecular flexibility index (Phi) is 8.70. The summed E-state index contributed by atoms with van der Waals surface area (Å²) in [6, 6.07) is 4.72. The van der Waals surface area contributed by atoms with Gasteiger partial charge in [0.05, 0.1) is 6.04 Å². The van der Waals surface area contributed by atoms with E-state index in [-0.39, 0.29) is 24.8 Å². The van der Waals surface area contributed by atoms with Gasteiger partial charge in [-0.3, -0.25) is 4.90 Å². The molecular weight excluding hydrogens is 271 g/mol. The van der Waals surface area contributed by atoms with Crippen molar-refractivity contribution >= 4 is 24.8 Å². The molecule has 1 aromatic heterocycles. The van der Waals surface area contributed by atoms with Gasteiger partial charge in [0.15, 0.2) is 0 Å². The molecule has 1 atom stereocenters. The van der Waals surface area contributed by atoms with Crippen molar-refractivity contribution in [3.8, 4) is 0 Å². The molecule has 0 aliphatic carbocycles. The molecule has 0 amide bonds. The number of furan rings is 1. The number of nitrogens with zero attached hydrogens (tertiary/aromatic N) is 1. The summed E-state index contributed by atoms with van der Waals surface area (Å²) in [6.07, 6.45) is 2.11. The van der Waals surface area contributed by atoms with Crippen LogP contribution in [0.4, 0.5) is 0 Å². The topological polar surface area (TPSA) is 28.4 Å². The van der Waals surface area contributed by atoms with Gasteiger partial charge in [0.2, 0.25) is 0 Å². The monoisotopic (exact) mass is 294 g/mol. The second-order valence-corrected chi connectivity index (χ2v) is 4.37. The zero-order valence-corrected chi connectivity index (χ0v) is 12.8. The summed E-state index contributed by atoms with van der Waals surface area (Å²) in [5.74, 6) is 2.24. The molecule has 0 spiro atoms. The van der Waals surface area contributed by atoms with Crippen LogP contribution in [-0.2, 0) is 6.42 Å². The lowest BCUT2D eigenvalue weighted by Crippen LogP contribution is -2.44. The Morgan fingerprint density at radius 3 is 2.39 bits per heavy atom. The van der Waals surface area contributed by atoms with E-state index >= 15 is 0 Å². The van der Waals surface area contributed by atoms with E-state index in [0.717, 1.165) is 50.5 Å². The van der Waals surface area contributed by atoms with E-state index in [1.165, 1.54) is 0 Å². The van der Waals surface area contributed by atoms with E-state index < -0.39 is 0 Å². The summed E-state index contributed by atoms with van der Waals surface area (Å²) >= 11 is 0. The lowest BCUT2D eigenvalue weighted by atomic mass is 10.1. The Bertz CT molecular complexity index is 325. The maximum Gasteiger partial charge on any atom is 0.121 e. The third-order valence-electron chi connectivity index (χ3n) is 3.34. The van der Waals surface area contributed by atoms with Gasteiger partial charge in [-0.1, -0.05) is 13.8 Å². The predicted octanol–water partition coefficient (Wildman–Crippen LogP) is 3.04. The van der Waals surface area contributed by atoms with Gasteiger partial charge in [-0.2, -0.15) is 0 Å². The molecule has 5 heteroatoms. The first-order valence-corrected chi connectivity index (χ1v) is 6.38. The van der Waals surface area contributed by atoms with Crippen molar-refractivity contribution < 1.29 is 4.42 Å². The molecule has 2 rings (SSSR count). The van der Waals surface area contributed by atoms with Crippen LogP contribution in [0.1, 0.15) is 37.8 Å². The van der Waals surface area contributed by atoms with Crippen LogP contribution in [0.2, 0.25) is 0 Å². The average molecular weight is 295 g/mol. The maximum atomic E-state index is 5.88. The highest BCUT2D eigenvalue weighted by Crippen LogP contribution is 2.26. The molecule has 0 radical (unpaired) electrons. The molecule has 1 aliphatic rings. The summed E-state index contributed by atoms with van der Waals surface area (Å²) in [4.78, 5) is 2.52. The van der Waals surface area contributed by atoms with Crippen LogP contribution in [-0.4, -0.2) is 31.1 Å². The van der Waals surface area contributed by atoms with Gasteiger partial charge in [-0.15, -0.1) is 24.8 Å². The van der Waals surface area contributed by atoms with Crippen LogP contribution in [0.5, 0.6) is 0 Å². The Balaban J connectivity index is 0.00000144. The average Bonchev–Trinajstić information content (AvgIpc) is 2.80. The molecule has 0 saturated carbocycles. The number of nitrogens with one attached hydrogen (secondary N) is 1. The molecule has 1 N–H and O–H groups in total. The van der Waals surface area contributed by atoms with Crippen LogP contribution in [0, 0.1) is 0 Å². The fourth-order valence-electron chi connectivity index (χ4n) is 2.40. The lowest BCUT2D eigenvalue weighted by molar-refractivity contribution is 0.149. The summed E-state index contributed by atoms with van der Waals surface area (Å²) in [5, 5.41) is 3.39. The SMILES string of the molecule is CCc1ccc([C@H](CC)N2CCNCC2)o1.Cl.Cl. The van der Waals surface area contributed by atoms with E-state index in [2.05, 4.69) is 36.2 Å². The first-order chi connectivity index (χ1) is 7.85. The number of hydrogen-bond acceptors (Lipinski definition) is 3. The Hall–Kier alpha value is -0.220. The molecule has 1 saturated heterocycles. The second-order valence-electron chi connectivity index (χ2n) is 4.37. The molecule has 1 aliphatic heterocycles. The third kappa shape index (κ3) is 4.16. The summed E-state index contributed by atoms with van der Waals surface area (Å²) in [5.41, 5.74) is 0. The first kappa shape index (κ1) is 17.8. The highest BCUT2D eigenvalue weighted by atomic mass is 35.5. The minimum atomic E-state index is 0. The number of halogens is 2. The van der Waals surface area contributed by atoms with Crippen molar-refractivity contribution in [2.45, 2.75) is 32.7 Å². The molecule has 3 nitrogen and oxygen atoms in total. The number of aryl methyl sites for hydroxylation is 1. The van der Waals surface area contributed by atoms with Crippen molar-refractivity contribution in [3.05, 3.63) is 23.7 Å². The molecule has 18 heavy (non-hydrogen) atoms. The van der Waals surface area contributed by atoms with Gasteiger partial charge < -0.3 is 9.73 Å². The molecule has 0 unspecified atom stereocenters. The highest BCUT2D eigenvalue weighted by Gasteiger charge is 2.22. The van der Waals surface area contributed by atoms with Crippen LogP contribution < -0.4 is 5.32 Å². The van der Waals surface area contributed by atoms with Gasteiger partial charge in [0, 0.05) is 32.6 Å². The molecule has 1 aromatic rings. The first-order valence-electron chi connectivity index (χ1n) is 6.38. The van der Waals surface area contributed by atoms with Crippen LogP contribution >= 0.6 is 24.8 Å². The summed E-state index contributed by atoms with van der Waals surface area (Å²) in [6.45, 7) is 8.81. The number of hydrogen-bond donors (Lipinski definition) is 1. The van der Waals surface area contributed by atoms with Crippen molar-refractivity contribution in [1.82, 2.24) is 10.2 Å². The maximum absolute atomic E-state index is 5.88. The quantitative estimate of drug-likeness (QED) is 0.925. The number of piperazine rings is 1. The van der Waals surface area contributed by atoms with Gasteiger partial charge in [0.25, 0.3) is 0 Å². The lowest BCUT2D eigenvalue weighted by Gasteiger charge is -2.33. The Morgan fingerprint density at radius 2 is 1.89 bits per heavy atom. The fraction of sp³-hybridized carbons (Fsp3) is 0.692. The van der Waals surface area contributed by atoms with Crippen molar-refractivity contribution in [2.24, 2.45) is 0 Å². The van der Waals surface area contributed by atoms with Crippen LogP contribution in [0.25, 0.3) is 0 Å². The van der Waals surface area contributed by atoms with E-state index in [9.17, 15) is 0 Å². The fourth-order valence-corrected chi connectivity index (χ4v) is 2.40. The van der Waals surface area contributed by atoms with Gasteiger partial charge in [-0.05, 0) is 18.6 Å². The standard InChI is InChI=1S/C13H22N2O.2ClH/c1-3-11-5-6-13(16-11)12(4-2)15-9-7-14-8-10-15;;/h5-6,12,14H,3-4,7-10H2,1-2H3;2*1H/t12-;;/m0../s1. The van der Waals surface area contributed by atoms with E-state index in [1.807, 2.05) is 0 Å². The van der Waals surface area contributed by atoms with E-state index in [4.69, 9.17) is 4.42 Å². The van der Waals surface area contributed by atoms with E-state index in [0.29, 0.717) is 6.04 Å². The van der Waals surface area contributed by atoms with Crippen LogP contribution in [0.15, 0.2) is 16.5 Å². The molecule has 106 valence electrons. The number of rotatable bonds is 4. The van der Waals surface area contributed by atoms with Crippen molar-refractivity contribution in [3.63, 3.8) is 0 Å². The smallest absolute Gasteiger partial charge is 0.121 e. The van der Waals surface area contributed by atoms with Gasteiger partial charge >= 0.3 is 0 Å². The van der Waals surface area contributed by atoms with E-state index in [1.54, 1.807) is 0 Å². The van der Waals surface area contributed by atoms with Crippen molar-refractivity contribution in [2.75, 3.05) is 26.2 Å². The highest BCUT2D eigenvalue weighted by molar-refractivity contribution is 5.85. The minimum Gasteiger partial charge on any atom is -0.464 e. The molecule has 2 heterocycles. The van der Waals surface area contributed by atoms with Crippen LogP contribution in [0.3, 0.4) is 0 Å². The van der Waals surface area contributed by atoms with Gasteiger partial charge in [0.1, 0.15) is 11.5 Å². The normalized spacial score (nSPS) is 17.7. The minimum absolute atomic E-state index is 0. The zero-order chi connectivity index (χ0) is 11.4. The molecule has 0 bridgehead atoms.